The molecule has 0 saturated heterocycles. The van der Waals surface area contributed by atoms with E-state index < -0.39 is 0 Å². The lowest BCUT2D eigenvalue weighted by molar-refractivity contribution is -0.143. The third-order valence-corrected chi connectivity index (χ3v) is 4.44. The first-order valence-electron chi connectivity index (χ1n) is 8.63. The van der Waals surface area contributed by atoms with Gasteiger partial charge in [0.2, 0.25) is 0 Å². The monoisotopic (exact) mass is 283 g/mol. The highest BCUT2D eigenvalue weighted by atomic mass is 16.5. The van der Waals surface area contributed by atoms with Crippen LogP contribution in [0.15, 0.2) is 0 Å². The summed E-state index contributed by atoms with van der Waals surface area (Å²) in [6.45, 7) is 5.78. The minimum absolute atomic E-state index is 0.0488. The molecule has 3 heteroatoms. The number of rotatable bonds is 9. The maximum atomic E-state index is 11.2. The van der Waals surface area contributed by atoms with Crippen LogP contribution in [0.2, 0.25) is 0 Å². The highest BCUT2D eigenvalue weighted by Gasteiger charge is 2.18. The van der Waals surface area contributed by atoms with Crippen LogP contribution in [-0.2, 0) is 9.53 Å². The van der Waals surface area contributed by atoms with Crippen molar-refractivity contribution in [3.05, 3.63) is 0 Å². The minimum Gasteiger partial charge on any atom is -0.466 e. The van der Waals surface area contributed by atoms with Crippen molar-refractivity contribution in [2.45, 2.75) is 84.1 Å². The fourth-order valence-electron chi connectivity index (χ4n) is 3.11. The second kappa shape index (κ2) is 11.1. The first kappa shape index (κ1) is 17.5. The van der Waals surface area contributed by atoms with Gasteiger partial charge in [-0.25, -0.2) is 0 Å². The van der Waals surface area contributed by atoms with Crippen LogP contribution < -0.4 is 5.32 Å². The van der Waals surface area contributed by atoms with Gasteiger partial charge >= 0.3 is 5.97 Å². The lowest BCUT2D eigenvalue weighted by Gasteiger charge is -2.23. The first-order valence-corrected chi connectivity index (χ1v) is 8.63. The Kier molecular flexibility index (Phi) is 9.73. The van der Waals surface area contributed by atoms with Gasteiger partial charge in [0.1, 0.15) is 0 Å². The highest BCUT2D eigenvalue weighted by Crippen LogP contribution is 2.25. The quantitative estimate of drug-likeness (QED) is 0.394. The maximum Gasteiger partial charge on any atom is 0.305 e. The van der Waals surface area contributed by atoms with E-state index in [4.69, 9.17) is 4.74 Å². The van der Waals surface area contributed by atoms with Crippen LogP contribution in [0, 0.1) is 5.92 Å². The predicted octanol–water partition coefficient (Wildman–Crippen LogP) is 4.06. The van der Waals surface area contributed by atoms with Crippen LogP contribution in [0.1, 0.15) is 78.1 Å². The van der Waals surface area contributed by atoms with E-state index in [2.05, 4.69) is 12.2 Å². The average Bonchev–Trinajstić information content (AvgIpc) is 2.71. The lowest BCUT2D eigenvalue weighted by atomic mass is 9.93. The van der Waals surface area contributed by atoms with E-state index in [0.29, 0.717) is 19.1 Å². The Hall–Kier alpha value is -0.570. The summed E-state index contributed by atoms with van der Waals surface area (Å²) in [5.74, 6) is 0.823. The third-order valence-electron chi connectivity index (χ3n) is 4.44. The molecule has 1 saturated carbocycles. The first-order chi connectivity index (χ1) is 9.74. The normalized spacial score (nSPS) is 18.5. The summed E-state index contributed by atoms with van der Waals surface area (Å²) in [4.78, 5) is 11.2. The molecule has 0 bridgehead atoms. The Morgan fingerprint density at radius 2 is 1.85 bits per heavy atom. The van der Waals surface area contributed by atoms with Crippen molar-refractivity contribution < 1.29 is 9.53 Å². The molecular weight excluding hydrogens is 250 g/mol. The topological polar surface area (TPSA) is 38.3 Å². The molecular formula is C17H33NO2. The van der Waals surface area contributed by atoms with E-state index in [-0.39, 0.29) is 5.97 Å². The molecule has 0 aromatic carbocycles. The second-order valence-electron chi connectivity index (χ2n) is 6.11. The standard InChI is InChI=1S/C17H33NO2/c1-3-20-17(19)13-9-6-10-14-18-15(2)16-11-7-4-5-8-12-16/h15-16,18H,3-14H2,1-2H3/t15-/m1/s1. The number of carbonyl (C=O) groups is 1. The van der Waals surface area contributed by atoms with Gasteiger partial charge in [0.15, 0.2) is 0 Å². The maximum absolute atomic E-state index is 11.2. The van der Waals surface area contributed by atoms with Crippen molar-refractivity contribution in [3.63, 3.8) is 0 Å². The molecule has 0 heterocycles. The Balaban J connectivity index is 1.98. The fourth-order valence-corrected chi connectivity index (χ4v) is 3.11. The van der Waals surface area contributed by atoms with Gasteiger partial charge in [-0.15, -0.1) is 0 Å². The van der Waals surface area contributed by atoms with Gasteiger partial charge in [-0.3, -0.25) is 4.79 Å². The van der Waals surface area contributed by atoms with Crippen molar-refractivity contribution in [1.29, 1.82) is 0 Å². The van der Waals surface area contributed by atoms with Crippen molar-refractivity contribution in [2.75, 3.05) is 13.2 Å². The van der Waals surface area contributed by atoms with Crippen LogP contribution in [0.5, 0.6) is 0 Å². The van der Waals surface area contributed by atoms with Crippen LogP contribution in [0.3, 0.4) is 0 Å². The number of unbranched alkanes of at least 4 members (excludes halogenated alkanes) is 2. The minimum atomic E-state index is -0.0488. The zero-order chi connectivity index (χ0) is 14.6. The molecule has 1 rings (SSSR count). The molecule has 0 aromatic heterocycles. The largest absolute Gasteiger partial charge is 0.466 e. The summed E-state index contributed by atoms with van der Waals surface area (Å²) in [5.41, 5.74) is 0. The van der Waals surface area contributed by atoms with E-state index in [9.17, 15) is 4.79 Å². The summed E-state index contributed by atoms with van der Waals surface area (Å²) in [5, 5.41) is 3.68. The summed E-state index contributed by atoms with van der Waals surface area (Å²) in [6.07, 6.45) is 12.3. The number of esters is 1. The molecule has 1 aliphatic rings. The van der Waals surface area contributed by atoms with Gasteiger partial charge in [0, 0.05) is 12.5 Å². The smallest absolute Gasteiger partial charge is 0.305 e. The van der Waals surface area contributed by atoms with Crippen molar-refractivity contribution in [2.24, 2.45) is 5.92 Å². The Labute approximate surface area is 124 Å². The average molecular weight is 283 g/mol. The van der Waals surface area contributed by atoms with Gasteiger partial charge < -0.3 is 10.1 Å². The molecule has 1 aliphatic carbocycles. The van der Waals surface area contributed by atoms with Crippen LogP contribution in [0.25, 0.3) is 0 Å². The number of nitrogens with one attached hydrogen (secondary N) is 1. The molecule has 0 aliphatic heterocycles. The van der Waals surface area contributed by atoms with Gasteiger partial charge in [-0.1, -0.05) is 32.1 Å². The van der Waals surface area contributed by atoms with Crippen LogP contribution >= 0.6 is 0 Å². The van der Waals surface area contributed by atoms with Gasteiger partial charge in [0.05, 0.1) is 6.61 Å². The number of hydrogen-bond acceptors (Lipinski definition) is 3. The van der Waals surface area contributed by atoms with E-state index in [1.807, 2.05) is 6.92 Å². The zero-order valence-electron chi connectivity index (χ0n) is 13.5. The van der Waals surface area contributed by atoms with E-state index in [1.165, 1.54) is 38.5 Å². The van der Waals surface area contributed by atoms with E-state index >= 15 is 0 Å². The van der Waals surface area contributed by atoms with Crippen molar-refractivity contribution in [1.82, 2.24) is 5.32 Å². The predicted molar refractivity (Wildman–Crippen MR) is 83.8 cm³/mol. The fraction of sp³-hybridized carbons (Fsp3) is 0.941. The van der Waals surface area contributed by atoms with E-state index in [1.54, 1.807) is 0 Å². The van der Waals surface area contributed by atoms with Crippen molar-refractivity contribution >= 4 is 5.97 Å². The number of ether oxygens (including phenoxy) is 1. The van der Waals surface area contributed by atoms with E-state index in [0.717, 1.165) is 31.7 Å². The van der Waals surface area contributed by atoms with Crippen LogP contribution in [-0.4, -0.2) is 25.2 Å². The van der Waals surface area contributed by atoms with Gasteiger partial charge in [-0.2, -0.15) is 0 Å². The highest BCUT2D eigenvalue weighted by molar-refractivity contribution is 5.69. The van der Waals surface area contributed by atoms with Gasteiger partial charge in [0.25, 0.3) is 0 Å². The second-order valence-corrected chi connectivity index (χ2v) is 6.11. The SMILES string of the molecule is CCOC(=O)CCCCCN[C@H](C)C1CCCCCC1. The zero-order valence-corrected chi connectivity index (χ0v) is 13.5. The summed E-state index contributed by atoms with van der Waals surface area (Å²) in [6, 6.07) is 0.651. The lowest BCUT2D eigenvalue weighted by Crippen LogP contribution is -2.34. The summed E-state index contributed by atoms with van der Waals surface area (Å²) in [7, 11) is 0. The molecule has 0 spiro atoms. The Bertz CT molecular complexity index is 247. The molecule has 0 amide bonds. The van der Waals surface area contributed by atoms with Crippen molar-refractivity contribution in [3.8, 4) is 0 Å². The Morgan fingerprint density at radius 1 is 1.15 bits per heavy atom. The molecule has 3 nitrogen and oxygen atoms in total. The molecule has 0 unspecified atom stereocenters. The molecule has 1 atom stereocenters. The van der Waals surface area contributed by atoms with Crippen LogP contribution in [0.4, 0.5) is 0 Å². The molecule has 0 radical (unpaired) electrons. The molecule has 1 N–H and O–H groups in total. The molecule has 20 heavy (non-hydrogen) atoms. The molecule has 1 fully saturated rings. The molecule has 0 aromatic rings. The third kappa shape index (κ3) is 7.88. The number of hydrogen-bond donors (Lipinski definition) is 1. The summed E-state index contributed by atoms with van der Waals surface area (Å²) < 4.78 is 4.92. The molecule has 118 valence electrons. The van der Waals surface area contributed by atoms with Gasteiger partial charge in [-0.05, 0) is 52.0 Å². The summed E-state index contributed by atoms with van der Waals surface area (Å²) >= 11 is 0. The Morgan fingerprint density at radius 3 is 2.50 bits per heavy atom. The number of carbonyl (C=O) groups excluding carboxylic acids is 1.